The van der Waals surface area contributed by atoms with Gasteiger partial charge in [-0.15, -0.1) is 0 Å². The SMILES string of the molecule is CC(C)c1cccc(S(=O)(=O)c2ccc(CNC(=O)c3ccc4nccn4c3)cc2)c1. The van der Waals surface area contributed by atoms with Crippen molar-refractivity contribution in [3.8, 4) is 0 Å². The number of carbonyl (C=O) groups is 1. The van der Waals surface area contributed by atoms with Crippen LogP contribution in [0.4, 0.5) is 0 Å². The van der Waals surface area contributed by atoms with Crippen molar-refractivity contribution in [3.63, 3.8) is 0 Å². The molecule has 0 bridgehead atoms. The summed E-state index contributed by atoms with van der Waals surface area (Å²) in [6.45, 7) is 4.36. The zero-order valence-corrected chi connectivity index (χ0v) is 18.1. The van der Waals surface area contributed by atoms with Crippen molar-refractivity contribution in [2.24, 2.45) is 0 Å². The summed E-state index contributed by atoms with van der Waals surface area (Å²) in [5, 5.41) is 2.86. The minimum atomic E-state index is -3.60. The van der Waals surface area contributed by atoms with Gasteiger partial charge in [0.05, 0.1) is 15.4 Å². The highest BCUT2D eigenvalue weighted by Gasteiger charge is 2.18. The molecule has 7 heteroatoms. The zero-order valence-electron chi connectivity index (χ0n) is 17.3. The van der Waals surface area contributed by atoms with Gasteiger partial charge in [0.2, 0.25) is 9.84 Å². The van der Waals surface area contributed by atoms with Gasteiger partial charge in [-0.25, -0.2) is 13.4 Å². The summed E-state index contributed by atoms with van der Waals surface area (Å²) < 4.78 is 27.7. The third-order valence-corrected chi connectivity index (χ3v) is 6.94. The van der Waals surface area contributed by atoms with Gasteiger partial charge in [0.25, 0.3) is 5.91 Å². The number of aromatic nitrogens is 2. The van der Waals surface area contributed by atoms with Crippen LogP contribution < -0.4 is 5.32 Å². The predicted molar refractivity (Wildman–Crippen MR) is 119 cm³/mol. The van der Waals surface area contributed by atoms with Gasteiger partial charge in [-0.2, -0.15) is 0 Å². The van der Waals surface area contributed by atoms with Crippen molar-refractivity contribution in [1.82, 2.24) is 14.7 Å². The standard InChI is InChI=1S/C24H23N3O3S/c1-17(2)19-4-3-5-22(14-19)31(29,30)21-9-6-18(7-10-21)15-26-24(28)20-8-11-23-25-12-13-27(23)16-20/h3-14,16-17H,15H2,1-2H3,(H,26,28). The van der Waals surface area contributed by atoms with E-state index in [-0.39, 0.29) is 21.6 Å². The van der Waals surface area contributed by atoms with Crippen LogP contribution >= 0.6 is 0 Å². The number of rotatable bonds is 6. The van der Waals surface area contributed by atoms with Crippen LogP contribution in [0.3, 0.4) is 0 Å². The Labute approximate surface area is 181 Å². The first-order valence-electron chi connectivity index (χ1n) is 9.99. The molecule has 6 nitrogen and oxygen atoms in total. The van der Waals surface area contributed by atoms with Crippen LogP contribution in [0, 0.1) is 0 Å². The smallest absolute Gasteiger partial charge is 0.253 e. The Hall–Kier alpha value is -3.45. The minimum Gasteiger partial charge on any atom is -0.348 e. The molecule has 0 saturated heterocycles. The number of sulfone groups is 1. The quantitative estimate of drug-likeness (QED) is 0.494. The summed E-state index contributed by atoms with van der Waals surface area (Å²) in [5.74, 6) is 0.0356. The molecule has 0 aliphatic carbocycles. The van der Waals surface area contributed by atoms with Crippen LogP contribution in [-0.2, 0) is 16.4 Å². The van der Waals surface area contributed by atoms with Gasteiger partial charge >= 0.3 is 0 Å². The highest BCUT2D eigenvalue weighted by Crippen LogP contribution is 2.24. The lowest BCUT2D eigenvalue weighted by Gasteiger charge is -2.10. The fourth-order valence-electron chi connectivity index (χ4n) is 3.30. The van der Waals surface area contributed by atoms with Crippen LogP contribution in [0.25, 0.3) is 5.65 Å². The van der Waals surface area contributed by atoms with Crippen LogP contribution in [0.15, 0.2) is 89.0 Å². The second kappa shape index (κ2) is 8.35. The number of pyridine rings is 1. The average molecular weight is 434 g/mol. The van der Waals surface area contributed by atoms with Crippen molar-refractivity contribution in [2.75, 3.05) is 0 Å². The molecular weight excluding hydrogens is 410 g/mol. The molecule has 0 aliphatic rings. The van der Waals surface area contributed by atoms with E-state index in [0.717, 1.165) is 16.8 Å². The number of hydrogen-bond acceptors (Lipinski definition) is 4. The Balaban J connectivity index is 1.46. The summed E-state index contributed by atoms with van der Waals surface area (Å²) in [4.78, 5) is 17.1. The van der Waals surface area contributed by atoms with E-state index in [9.17, 15) is 13.2 Å². The van der Waals surface area contributed by atoms with Gasteiger partial charge in [-0.1, -0.05) is 38.1 Å². The number of nitrogens with zero attached hydrogens (tertiary/aromatic N) is 2. The Morgan fingerprint density at radius 1 is 1.03 bits per heavy atom. The summed E-state index contributed by atoms with van der Waals surface area (Å²) in [6.07, 6.45) is 5.17. The van der Waals surface area contributed by atoms with E-state index in [1.807, 2.05) is 19.9 Å². The lowest BCUT2D eigenvalue weighted by Crippen LogP contribution is -2.23. The molecule has 158 valence electrons. The minimum absolute atomic E-state index is 0.210. The lowest BCUT2D eigenvalue weighted by atomic mass is 10.0. The van der Waals surface area contributed by atoms with Crippen molar-refractivity contribution >= 4 is 21.4 Å². The van der Waals surface area contributed by atoms with E-state index in [4.69, 9.17) is 0 Å². The Bertz CT molecular complexity index is 1340. The van der Waals surface area contributed by atoms with Crippen LogP contribution in [0.5, 0.6) is 0 Å². The van der Waals surface area contributed by atoms with Gasteiger partial charge in [0.1, 0.15) is 5.65 Å². The van der Waals surface area contributed by atoms with E-state index < -0.39 is 9.84 Å². The van der Waals surface area contributed by atoms with Crippen molar-refractivity contribution in [2.45, 2.75) is 36.1 Å². The number of nitrogens with one attached hydrogen (secondary N) is 1. The summed E-state index contributed by atoms with van der Waals surface area (Å²) in [6, 6.07) is 17.1. The molecule has 2 heterocycles. The van der Waals surface area contributed by atoms with Crippen LogP contribution in [-0.4, -0.2) is 23.7 Å². The fraction of sp³-hybridized carbons (Fsp3) is 0.167. The van der Waals surface area contributed by atoms with Gasteiger partial charge in [-0.05, 0) is 53.4 Å². The highest BCUT2D eigenvalue weighted by atomic mass is 32.2. The third-order valence-electron chi connectivity index (χ3n) is 5.17. The molecule has 2 aromatic heterocycles. The molecular formula is C24H23N3O3S. The number of benzene rings is 2. The van der Waals surface area contributed by atoms with Gasteiger partial charge in [-0.3, -0.25) is 4.79 Å². The third kappa shape index (κ3) is 4.36. The second-order valence-corrected chi connectivity index (χ2v) is 9.62. The Kier molecular flexibility index (Phi) is 5.61. The van der Waals surface area contributed by atoms with Crippen LogP contribution in [0.1, 0.15) is 41.3 Å². The van der Waals surface area contributed by atoms with E-state index in [2.05, 4.69) is 10.3 Å². The summed E-state index contributed by atoms with van der Waals surface area (Å²) in [5.41, 5.74) is 3.09. The molecule has 1 amide bonds. The van der Waals surface area contributed by atoms with E-state index in [1.54, 1.807) is 77.6 Å². The van der Waals surface area contributed by atoms with Gasteiger partial charge < -0.3 is 9.72 Å². The lowest BCUT2D eigenvalue weighted by molar-refractivity contribution is 0.0950. The van der Waals surface area contributed by atoms with Crippen molar-refractivity contribution in [3.05, 3.63) is 95.9 Å². The largest absolute Gasteiger partial charge is 0.348 e. The normalized spacial score (nSPS) is 11.7. The van der Waals surface area contributed by atoms with Gasteiger partial charge in [0.15, 0.2) is 0 Å². The number of amides is 1. The molecule has 0 unspecified atom stereocenters. The number of imidazole rings is 1. The molecule has 0 atom stereocenters. The highest BCUT2D eigenvalue weighted by molar-refractivity contribution is 7.91. The number of hydrogen-bond donors (Lipinski definition) is 1. The second-order valence-electron chi connectivity index (χ2n) is 7.67. The van der Waals surface area contributed by atoms with Crippen molar-refractivity contribution < 1.29 is 13.2 Å². The molecule has 4 aromatic rings. The molecule has 4 rings (SSSR count). The molecule has 0 spiro atoms. The molecule has 0 aliphatic heterocycles. The maximum atomic E-state index is 13.0. The molecule has 0 saturated carbocycles. The fourth-order valence-corrected chi connectivity index (χ4v) is 4.62. The topological polar surface area (TPSA) is 80.5 Å². The maximum absolute atomic E-state index is 13.0. The average Bonchev–Trinajstić information content (AvgIpc) is 3.25. The summed E-state index contributed by atoms with van der Waals surface area (Å²) in [7, 11) is -3.60. The molecule has 0 radical (unpaired) electrons. The van der Waals surface area contributed by atoms with E-state index in [0.29, 0.717) is 12.1 Å². The van der Waals surface area contributed by atoms with Crippen molar-refractivity contribution in [1.29, 1.82) is 0 Å². The first-order chi connectivity index (χ1) is 14.8. The Morgan fingerprint density at radius 2 is 1.81 bits per heavy atom. The molecule has 31 heavy (non-hydrogen) atoms. The zero-order chi connectivity index (χ0) is 22.0. The Morgan fingerprint density at radius 3 is 2.55 bits per heavy atom. The monoisotopic (exact) mass is 433 g/mol. The van der Waals surface area contributed by atoms with E-state index >= 15 is 0 Å². The first kappa shape index (κ1) is 20.8. The summed E-state index contributed by atoms with van der Waals surface area (Å²) >= 11 is 0. The van der Waals surface area contributed by atoms with Gasteiger partial charge in [0, 0.05) is 25.1 Å². The predicted octanol–water partition coefficient (Wildman–Crippen LogP) is 4.22. The molecule has 2 aromatic carbocycles. The number of fused-ring (bicyclic) bond motifs is 1. The molecule has 1 N–H and O–H groups in total. The van der Waals surface area contributed by atoms with E-state index in [1.165, 1.54) is 0 Å². The van der Waals surface area contributed by atoms with Crippen LogP contribution in [0.2, 0.25) is 0 Å². The maximum Gasteiger partial charge on any atom is 0.253 e. The molecule has 0 fully saturated rings. The first-order valence-corrected chi connectivity index (χ1v) is 11.5. The number of carbonyl (C=O) groups excluding carboxylic acids is 1.